The molecule has 0 aliphatic carbocycles. The molecule has 0 heterocycles. The average Bonchev–Trinajstić information content (AvgIpc) is 2.06. The van der Waals surface area contributed by atoms with Crippen LogP contribution in [-0.4, -0.2) is 42.8 Å². The zero-order chi connectivity index (χ0) is 16.6. The summed E-state index contributed by atoms with van der Waals surface area (Å²) in [4.78, 5) is 20.9. The Hall–Kier alpha value is 0.274. The molecule has 0 aromatic heterocycles. The highest BCUT2D eigenvalue weighted by Gasteiger charge is 2.55. The highest BCUT2D eigenvalue weighted by molar-refractivity contribution is 6.73. The second-order valence-electron chi connectivity index (χ2n) is 8.26. The van der Waals surface area contributed by atoms with Crippen molar-refractivity contribution in [2.45, 2.75) is 89.9 Å². The van der Waals surface area contributed by atoms with Crippen molar-refractivity contribution in [1.29, 1.82) is 0 Å². The molecule has 0 fully saturated rings. The lowest BCUT2D eigenvalue weighted by Crippen LogP contribution is -2.58. The van der Waals surface area contributed by atoms with Crippen LogP contribution in [0.15, 0.2) is 0 Å². The van der Waals surface area contributed by atoms with E-state index in [2.05, 4.69) is 0 Å². The van der Waals surface area contributed by atoms with Crippen LogP contribution in [-0.2, 0) is 4.43 Å². The predicted molar refractivity (Wildman–Crippen MR) is 88.5 cm³/mol. The molecule has 4 nitrogen and oxygen atoms in total. The lowest BCUT2D eigenvalue weighted by Gasteiger charge is -2.52. The third-order valence-corrected chi connectivity index (χ3v) is 8.98. The topological polar surface area (TPSA) is 69.9 Å². The van der Waals surface area contributed by atoms with Gasteiger partial charge in [0.2, 0.25) is 0 Å². The van der Waals surface area contributed by atoms with Crippen LogP contribution in [0.5, 0.6) is 0 Å². The Labute approximate surface area is 126 Å². The number of aliphatic hydroxyl groups is 1. The maximum absolute atomic E-state index is 10.8. The van der Waals surface area contributed by atoms with E-state index in [-0.39, 0.29) is 0 Å². The molecular formula is C14H34O4Si2. The first-order valence-electron chi connectivity index (χ1n) is 7.29. The second-order valence-corrected chi connectivity index (χ2v) is 15.6. The molecule has 1 atom stereocenters. The SMILES string of the molecule is CC(C)(O)CCC(C)(C(C)(C)O[Si](C)(C)O)[Si](C)(C)O. The first-order chi connectivity index (χ1) is 8.41. The van der Waals surface area contributed by atoms with Crippen LogP contribution < -0.4 is 0 Å². The molecule has 0 saturated heterocycles. The lowest BCUT2D eigenvalue weighted by atomic mass is 9.84. The van der Waals surface area contributed by atoms with Crippen LogP contribution >= 0.6 is 0 Å². The summed E-state index contributed by atoms with van der Waals surface area (Å²) in [6.07, 6.45) is 1.24. The summed E-state index contributed by atoms with van der Waals surface area (Å²) in [5.41, 5.74) is -1.42. The van der Waals surface area contributed by atoms with Crippen LogP contribution in [0.4, 0.5) is 0 Å². The highest BCUT2D eigenvalue weighted by Crippen LogP contribution is 2.53. The summed E-state index contributed by atoms with van der Waals surface area (Å²) >= 11 is 0. The minimum atomic E-state index is -2.71. The van der Waals surface area contributed by atoms with E-state index < -0.39 is 33.1 Å². The van der Waals surface area contributed by atoms with Gasteiger partial charge in [0.15, 0.2) is 8.32 Å². The van der Waals surface area contributed by atoms with Gasteiger partial charge in [0.05, 0.1) is 11.2 Å². The molecule has 1 unspecified atom stereocenters. The molecule has 0 aromatic carbocycles. The van der Waals surface area contributed by atoms with E-state index in [0.717, 1.165) is 0 Å². The van der Waals surface area contributed by atoms with Crippen molar-refractivity contribution in [2.75, 3.05) is 0 Å². The van der Waals surface area contributed by atoms with Crippen molar-refractivity contribution in [3.8, 4) is 0 Å². The summed E-state index contributed by atoms with van der Waals surface area (Å²) in [6.45, 7) is 16.7. The zero-order valence-electron chi connectivity index (χ0n) is 14.7. The van der Waals surface area contributed by atoms with Gasteiger partial charge in [-0.1, -0.05) is 6.92 Å². The largest absolute Gasteiger partial charge is 0.432 e. The van der Waals surface area contributed by atoms with E-state index in [1.54, 1.807) is 26.9 Å². The minimum Gasteiger partial charge on any atom is -0.432 e. The molecule has 0 spiro atoms. The molecule has 20 heavy (non-hydrogen) atoms. The van der Waals surface area contributed by atoms with Crippen molar-refractivity contribution < 1.29 is 19.1 Å². The number of hydrogen-bond donors (Lipinski definition) is 3. The molecule has 0 saturated carbocycles. The van der Waals surface area contributed by atoms with Crippen LogP contribution in [0.3, 0.4) is 0 Å². The van der Waals surface area contributed by atoms with E-state index in [4.69, 9.17) is 4.43 Å². The van der Waals surface area contributed by atoms with Gasteiger partial charge in [-0.3, -0.25) is 0 Å². The van der Waals surface area contributed by atoms with E-state index >= 15 is 0 Å². The third-order valence-electron chi connectivity index (χ3n) is 4.42. The fraction of sp³-hybridized carbons (Fsp3) is 1.00. The summed E-state index contributed by atoms with van der Waals surface area (Å²) in [6, 6.07) is 0. The Morgan fingerprint density at radius 1 is 0.850 bits per heavy atom. The summed E-state index contributed by atoms with van der Waals surface area (Å²) < 4.78 is 5.97. The lowest BCUT2D eigenvalue weighted by molar-refractivity contribution is 0.00297. The van der Waals surface area contributed by atoms with E-state index in [1.807, 2.05) is 33.9 Å². The summed E-state index contributed by atoms with van der Waals surface area (Å²) in [5.74, 6) is 0. The van der Waals surface area contributed by atoms with Crippen molar-refractivity contribution in [3.63, 3.8) is 0 Å². The Bertz CT molecular complexity index is 324. The molecule has 0 aliphatic heterocycles. The predicted octanol–water partition coefficient (Wildman–Crippen LogP) is 2.98. The summed E-state index contributed by atoms with van der Waals surface area (Å²) in [5, 5.41) is 9.53. The van der Waals surface area contributed by atoms with Crippen LogP contribution in [0.1, 0.15) is 47.5 Å². The van der Waals surface area contributed by atoms with Crippen molar-refractivity contribution in [1.82, 2.24) is 0 Å². The van der Waals surface area contributed by atoms with Gasteiger partial charge in [-0.25, -0.2) is 0 Å². The second kappa shape index (κ2) is 5.81. The van der Waals surface area contributed by atoms with Crippen LogP contribution in [0, 0.1) is 0 Å². The van der Waals surface area contributed by atoms with Gasteiger partial charge in [-0.15, -0.1) is 0 Å². The van der Waals surface area contributed by atoms with Crippen molar-refractivity contribution in [2.24, 2.45) is 0 Å². The normalized spacial score (nSPS) is 18.0. The maximum atomic E-state index is 10.8. The molecule has 0 amide bonds. The molecular weight excluding hydrogens is 288 g/mol. The fourth-order valence-corrected chi connectivity index (χ4v) is 6.47. The Kier molecular flexibility index (Phi) is 5.89. The Balaban J connectivity index is 5.44. The molecule has 0 aromatic rings. The third kappa shape index (κ3) is 5.57. The summed E-state index contributed by atoms with van der Waals surface area (Å²) in [7, 11) is -5.28. The van der Waals surface area contributed by atoms with E-state index in [9.17, 15) is 14.7 Å². The molecule has 6 heteroatoms. The monoisotopic (exact) mass is 322 g/mol. The number of rotatable bonds is 7. The molecule has 0 aliphatic rings. The van der Waals surface area contributed by atoms with Gasteiger partial charge >= 0.3 is 8.56 Å². The molecule has 3 N–H and O–H groups in total. The Morgan fingerprint density at radius 2 is 1.25 bits per heavy atom. The maximum Gasteiger partial charge on any atom is 0.329 e. The standard InChI is InChI=1S/C14H34O4Si2/c1-12(2,15)10-11-14(5,19(6,7)16)13(3,4)18-20(8,9)17/h15-17H,10-11H2,1-9H3. The quantitative estimate of drug-likeness (QED) is 0.630. The highest BCUT2D eigenvalue weighted by atomic mass is 28.4. The molecule has 0 bridgehead atoms. The zero-order valence-corrected chi connectivity index (χ0v) is 16.7. The van der Waals surface area contributed by atoms with Crippen LogP contribution in [0.25, 0.3) is 0 Å². The van der Waals surface area contributed by atoms with Gasteiger partial charge < -0.3 is 19.1 Å². The van der Waals surface area contributed by atoms with Gasteiger partial charge in [0.25, 0.3) is 0 Å². The van der Waals surface area contributed by atoms with Crippen molar-refractivity contribution in [3.05, 3.63) is 0 Å². The van der Waals surface area contributed by atoms with Gasteiger partial charge in [0.1, 0.15) is 0 Å². The van der Waals surface area contributed by atoms with E-state index in [0.29, 0.717) is 12.8 Å². The molecule has 0 radical (unpaired) electrons. The first kappa shape index (κ1) is 20.3. The Morgan fingerprint density at radius 3 is 1.50 bits per heavy atom. The molecule has 122 valence electrons. The first-order valence-corrected chi connectivity index (χ1v) is 13.1. The fourth-order valence-electron chi connectivity index (χ4n) is 2.64. The number of hydrogen-bond acceptors (Lipinski definition) is 4. The van der Waals surface area contributed by atoms with E-state index in [1.165, 1.54) is 0 Å². The molecule has 0 rings (SSSR count). The smallest absolute Gasteiger partial charge is 0.329 e. The van der Waals surface area contributed by atoms with Crippen molar-refractivity contribution >= 4 is 16.9 Å². The minimum absolute atomic E-state index is 0.465. The van der Waals surface area contributed by atoms with Crippen LogP contribution in [0.2, 0.25) is 31.2 Å². The van der Waals surface area contributed by atoms with Gasteiger partial charge in [-0.2, -0.15) is 0 Å². The van der Waals surface area contributed by atoms with Gasteiger partial charge in [0, 0.05) is 5.04 Å². The average molecular weight is 323 g/mol. The van der Waals surface area contributed by atoms with Gasteiger partial charge in [-0.05, 0) is 66.7 Å².